The largest absolute Gasteiger partial charge is 0.497 e. The average molecular weight is 276 g/mol. The zero-order valence-corrected chi connectivity index (χ0v) is 12.1. The zero-order chi connectivity index (χ0) is 14.4. The van der Waals surface area contributed by atoms with Gasteiger partial charge in [0.25, 0.3) is 0 Å². The van der Waals surface area contributed by atoms with E-state index >= 15 is 0 Å². The SMILES string of the molecule is COc1ccc2[nH]c(-c3cc4ccccc4n3C)cc2c1. The lowest BCUT2D eigenvalue weighted by molar-refractivity contribution is 0.415. The second-order valence-electron chi connectivity index (χ2n) is 5.28. The van der Waals surface area contributed by atoms with Gasteiger partial charge in [-0.1, -0.05) is 18.2 Å². The number of aryl methyl sites for hydroxylation is 1. The first kappa shape index (κ1) is 12.1. The third-order valence-corrected chi connectivity index (χ3v) is 4.06. The van der Waals surface area contributed by atoms with Gasteiger partial charge in [0.15, 0.2) is 0 Å². The van der Waals surface area contributed by atoms with Gasteiger partial charge in [0.1, 0.15) is 5.75 Å². The van der Waals surface area contributed by atoms with Crippen molar-refractivity contribution in [3.63, 3.8) is 0 Å². The smallest absolute Gasteiger partial charge is 0.119 e. The maximum absolute atomic E-state index is 5.29. The summed E-state index contributed by atoms with van der Waals surface area (Å²) in [5.74, 6) is 0.880. The van der Waals surface area contributed by atoms with E-state index in [0.29, 0.717) is 0 Å². The minimum Gasteiger partial charge on any atom is -0.497 e. The summed E-state index contributed by atoms with van der Waals surface area (Å²) in [6, 6.07) is 18.9. The van der Waals surface area contributed by atoms with E-state index in [0.717, 1.165) is 22.3 Å². The zero-order valence-electron chi connectivity index (χ0n) is 12.1. The molecule has 0 fully saturated rings. The molecular weight excluding hydrogens is 260 g/mol. The van der Waals surface area contributed by atoms with Crippen molar-refractivity contribution in [2.24, 2.45) is 7.05 Å². The Balaban J connectivity index is 1.93. The summed E-state index contributed by atoms with van der Waals surface area (Å²) in [5, 5.41) is 2.42. The van der Waals surface area contributed by atoms with Crippen LogP contribution in [0.1, 0.15) is 0 Å². The summed E-state index contributed by atoms with van der Waals surface area (Å²) >= 11 is 0. The number of nitrogens with one attached hydrogen (secondary N) is 1. The first-order valence-electron chi connectivity index (χ1n) is 6.98. The van der Waals surface area contributed by atoms with E-state index in [-0.39, 0.29) is 0 Å². The molecule has 0 spiro atoms. The van der Waals surface area contributed by atoms with Crippen molar-refractivity contribution in [1.82, 2.24) is 9.55 Å². The highest BCUT2D eigenvalue weighted by Gasteiger charge is 2.10. The number of benzene rings is 2. The lowest BCUT2D eigenvalue weighted by atomic mass is 10.2. The molecule has 0 aliphatic heterocycles. The van der Waals surface area contributed by atoms with Crippen LogP contribution in [0.3, 0.4) is 0 Å². The maximum atomic E-state index is 5.29. The van der Waals surface area contributed by atoms with Crippen LogP contribution in [0.2, 0.25) is 0 Å². The number of hydrogen-bond donors (Lipinski definition) is 1. The highest BCUT2D eigenvalue weighted by atomic mass is 16.5. The number of aromatic amines is 1. The normalized spacial score (nSPS) is 11.3. The van der Waals surface area contributed by atoms with Crippen molar-refractivity contribution in [2.45, 2.75) is 0 Å². The minimum absolute atomic E-state index is 0.880. The first-order chi connectivity index (χ1) is 10.3. The number of rotatable bonds is 2. The summed E-state index contributed by atoms with van der Waals surface area (Å²) in [6.07, 6.45) is 0. The van der Waals surface area contributed by atoms with Gasteiger partial charge in [0.2, 0.25) is 0 Å². The monoisotopic (exact) mass is 276 g/mol. The minimum atomic E-state index is 0.880. The number of aromatic nitrogens is 2. The van der Waals surface area contributed by atoms with Crippen molar-refractivity contribution < 1.29 is 4.74 Å². The van der Waals surface area contributed by atoms with Crippen LogP contribution in [0.25, 0.3) is 33.2 Å². The third kappa shape index (κ3) is 1.82. The topological polar surface area (TPSA) is 29.9 Å². The Bertz CT molecular complexity index is 946. The lowest BCUT2D eigenvalue weighted by Gasteiger charge is -2.01. The predicted octanol–water partition coefficient (Wildman–Crippen LogP) is 4.34. The van der Waals surface area contributed by atoms with Gasteiger partial charge in [-0.25, -0.2) is 0 Å². The molecule has 0 aliphatic rings. The number of fused-ring (bicyclic) bond motifs is 2. The number of nitrogens with zero attached hydrogens (tertiary/aromatic N) is 1. The fourth-order valence-electron chi connectivity index (χ4n) is 2.92. The molecule has 0 saturated heterocycles. The standard InChI is InChI=1S/C18H16N2O/c1-20-17-6-4-3-5-12(17)11-18(20)16-10-13-9-14(21-2)7-8-15(13)19-16/h3-11,19H,1-2H3. The fraction of sp³-hybridized carbons (Fsp3) is 0.111. The van der Waals surface area contributed by atoms with E-state index < -0.39 is 0 Å². The van der Waals surface area contributed by atoms with Crippen molar-refractivity contribution in [2.75, 3.05) is 7.11 Å². The van der Waals surface area contributed by atoms with Gasteiger partial charge in [-0.05, 0) is 36.4 Å². The molecule has 104 valence electrons. The van der Waals surface area contributed by atoms with Crippen LogP contribution < -0.4 is 4.74 Å². The highest BCUT2D eigenvalue weighted by molar-refractivity contribution is 5.91. The van der Waals surface area contributed by atoms with Gasteiger partial charge in [-0.15, -0.1) is 0 Å². The maximum Gasteiger partial charge on any atom is 0.119 e. The van der Waals surface area contributed by atoms with Gasteiger partial charge in [0.05, 0.1) is 18.5 Å². The Hall–Kier alpha value is -2.68. The fourth-order valence-corrected chi connectivity index (χ4v) is 2.92. The molecule has 21 heavy (non-hydrogen) atoms. The Kier molecular flexibility index (Phi) is 2.54. The summed E-state index contributed by atoms with van der Waals surface area (Å²) in [6.45, 7) is 0. The molecule has 0 unspecified atom stereocenters. The van der Waals surface area contributed by atoms with E-state index in [1.165, 1.54) is 16.6 Å². The number of para-hydroxylation sites is 1. The predicted molar refractivity (Wildman–Crippen MR) is 86.8 cm³/mol. The summed E-state index contributed by atoms with van der Waals surface area (Å²) in [5.41, 5.74) is 4.67. The van der Waals surface area contributed by atoms with E-state index in [2.05, 4.69) is 65.1 Å². The third-order valence-electron chi connectivity index (χ3n) is 4.06. The van der Waals surface area contributed by atoms with Crippen LogP contribution in [0.5, 0.6) is 5.75 Å². The van der Waals surface area contributed by atoms with E-state index in [1.54, 1.807) is 7.11 Å². The van der Waals surface area contributed by atoms with E-state index in [1.807, 2.05) is 6.07 Å². The highest BCUT2D eigenvalue weighted by Crippen LogP contribution is 2.30. The van der Waals surface area contributed by atoms with Crippen LogP contribution in [-0.4, -0.2) is 16.7 Å². The van der Waals surface area contributed by atoms with Crippen molar-refractivity contribution in [3.8, 4) is 17.1 Å². The molecule has 4 aromatic rings. The molecule has 3 heteroatoms. The molecule has 0 amide bonds. The average Bonchev–Trinajstić information content (AvgIpc) is 3.08. The molecule has 0 atom stereocenters. The van der Waals surface area contributed by atoms with Crippen LogP contribution in [0.15, 0.2) is 54.6 Å². The molecule has 0 radical (unpaired) electrons. The number of methoxy groups -OCH3 is 1. The lowest BCUT2D eigenvalue weighted by Crippen LogP contribution is -1.90. The summed E-state index contributed by atoms with van der Waals surface area (Å²) in [7, 11) is 3.79. The number of H-pyrrole nitrogens is 1. The van der Waals surface area contributed by atoms with Crippen molar-refractivity contribution in [1.29, 1.82) is 0 Å². The first-order valence-corrected chi connectivity index (χ1v) is 6.98. The quantitative estimate of drug-likeness (QED) is 0.580. The molecule has 0 bridgehead atoms. The number of ether oxygens (including phenoxy) is 1. The molecule has 0 aliphatic carbocycles. The second-order valence-corrected chi connectivity index (χ2v) is 5.28. The van der Waals surface area contributed by atoms with E-state index in [4.69, 9.17) is 4.74 Å². The molecule has 1 N–H and O–H groups in total. The van der Waals surface area contributed by atoms with Crippen LogP contribution in [-0.2, 0) is 7.05 Å². The van der Waals surface area contributed by atoms with Gasteiger partial charge in [0, 0.05) is 28.9 Å². The van der Waals surface area contributed by atoms with Gasteiger partial charge >= 0.3 is 0 Å². The summed E-state index contributed by atoms with van der Waals surface area (Å²) in [4.78, 5) is 3.49. The molecule has 2 aromatic heterocycles. The second kappa shape index (κ2) is 4.42. The molecule has 2 aromatic carbocycles. The van der Waals surface area contributed by atoms with Gasteiger partial charge in [-0.3, -0.25) is 0 Å². The Morgan fingerprint density at radius 2 is 1.81 bits per heavy atom. The van der Waals surface area contributed by atoms with E-state index in [9.17, 15) is 0 Å². The molecular formula is C18H16N2O. The summed E-state index contributed by atoms with van der Waals surface area (Å²) < 4.78 is 7.51. The molecule has 3 nitrogen and oxygen atoms in total. The number of hydrogen-bond acceptors (Lipinski definition) is 1. The van der Waals surface area contributed by atoms with Crippen molar-refractivity contribution in [3.05, 3.63) is 54.6 Å². The van der Waals surface area contributed by atoms with Gasteiger partial charge in [-0.2, -0.15) is 0 Å². The Labute approximate surface area is 122 Å². The van der Waals surface area contributed by atoms with Crippen LogP contribution in [0, 0.1) is 0 Å². The van der Waals surface area contributed by atoms with Crippen LogP contribution in [0.4, 0.5) is 0 Å². The molecule has 0 saturated carbocycles. The van der Waals surface area contributed by atoms with Crippen LogP contribution >= 0.6 is 0 Å². The molecule has 4 rings (SSSR count). The Morgan fingerprint density at radius 3 is 2.62 bits per heavy atom. The van der Waals surface area contributed by atoms with Gasteiger partial charge < -0.3 is 14.3 Å². The molecule has 2 heterocycles. The van der Waals surface area contributed by atoms with Crippen molar-refractivity contribution >= 4 is 21.8 Å². The Morgan fingerprint density at radius 1 is 0.952 bits per heavy atom.